The van der Waals surface area contributed by atoms with E-state index in [0.717, 1.165) is 24.6 Å². The second-order valence-corrected chi connectivity index (χ2v) is 3.18. The highest BCUT2D eigenvalue weighted by Crippen LogP contribution is 1.99. The molecule has 0 amide bonds. The Kier molecular flexibility index (Phi) is 3.80. The van der Waals surface area contributed by atoms with Crippen LogP contribution in [0.15, 0.2) is 17.0 Å². The molecule has 3 heteroatoms. The molecule has 0 spiro atoms. The quantitative estimate of drug-likeness (QED) is 0.728. The van der Waals surface area contributed by atoms with Gasteiger partial charge in [-0.2, -0.15) is 0 Å². The lowest BCUT2D eigenvalue weighted by molar-refractivity contribution is 0.418. The average Bonchev–Trinajstić information content (AvgIpc) is 2.57. The van der Waals surface area contributed by atoms with E-state index in [-0.39, 0.29) is 0 Å². The Labute approximate surface area is 73.1 Å². The molecule has 1 aromatic heterocycles. The van der Waals surface area contributed by atoms with Gasteiger partial charge in [0.25, 0.3) is 0 Å². The molecule has 0 radical (unpaired) electrons. The van der Waals surface area contributed by atoms with Gasteiger partial charge in [-0.3, -0.25) is 0 Å². The maximum absolute atomic E-state index is 4.71. The van der Waals surface area contributed by atoms with Crippen molar-refractivity contribution in [2.75, 3.05) is 6.54 Å². The van der Waals surface area contributed by atoms with E-state index in [1.54, 1.807) is 12.5 Å². The highest BCUT2D eigenvalue weighted by atomic mass is 16.5. The largest absolute Gasteiger partial charge is 0.364 e. The van der Waals surface area contributed by atoms with Gasteiger partial charge in [-0.15, -0.1) is 0 Å². The van der Waals surface area contributed by atoms with Gasteiger partial charge < -0.3 is 9.84 Å². The minimum Gasteiger partial charge on any atom is -0.364 e. The summed E-state index contributed by atoms with van der Waals surface area (Å²) in [6, 6.07) is 0. The lowest BCUT2D eigenvalue weighted by Gasteiger charge is -2.08. The fourth-order valence-corrected chi connectivity index (χ4v) is 0.921. The van der Waals surface area contributed by atoms with Crippen molar-refractivity contribution in [2.24, 2.45) is 5.92 Å². The summed E-state index contributed by atoms with van der Waals surface area (Å²) in [6.45, 7) is 6.35. The van der Waals surface area contributed by atoms with Gasteiger partial charge >= 0.3 is 0 Å². The van der Waals surface area contributed by atoms with Crippen LogP contribution in [0.5, 0.6) is 0 Å². The molecule has 0 aliphatic rings. The molecule has 1 N–H and O–H groups in total. The molecular formula is C9H16N2O. The molecule has 1 unspecified atom stereocenters. The summed E-state index contributed by atoms with van der Waals surface area (Å²) in [5.41, 5.74) is 1.11. The smallest absolute Gasteiger partial charge is 0.128 e. The topological polar surface area (TPSA) is 38.1 Å². The molecule has 1 rings (SSSR count). The third kappa shape index (κ3) is 3.05. The van der Waals surface area contributed by atoms with Crippen LogP contribution in [0.25, 0.3) is 0 Å². The number of rotatable bonds is 5. The molecule has 0 fully saturated rings. The van der Waals surface area contributed by atoms with E-state index >= 15 is 0 Å². The predicted octanol–water partition coefficient (Wildman–Crippen LogP) is 1.81. The maximum Gasteiger partial charge on any atom is 0.128 e. The average molecular weight is 168 g/mol. The van der Waals surface area contributed by atoms with Crippen molar-refractivity contribution < 1.29 is 4.52 Å². The van der Waals surface area contributed by atoms with Crippen LogP contribution in [-0.2, 0) is 6.54 Å². The van der Waals surface area contributed by atoms with Crippen LogP contribution in [-0.4, -0.2) is 11.7 Å². The molecule has 0 aliphatic heterocycles. The van der Waals surface area contributed by atoms with Gasteiger partial charge in [0.2, 0.25) is 0 Å². The van der Waals surface area contributed by atoms with E-state index < -0.39 is 0 Å². The van der Waals surface area contributed by atoms with Gasteiger partial charge in [0, 0.05) is 12.1 Å². The SMILES string of the molecule is CCC(C)CNCc1cnoc1. The van der Waals surface area contributed by atoms with Gasteiger partial charge in [0.05, 0.1) is 6.20 Å². The van der Waals surface area contributed by atoms with Crippen molar-refractivity contribution >= 4 is 0 Å². The second kappa shape index (κ2) is 4.93. The second-order valence-electron chi connectivity index (χ2n) is 3.18. The monoisotopic (exact) mass is 168 g/mol. The molecular weight excluding hydrogens is 152 g/mol. The minimum atomic E-state index is 0.741. The number of aromatic nitrogens is 1. The molecule has 1 heterocycles. The summed E-state index contributed by atoms with van der Waals surface area (Å²) >= 11 is 0. The Balaban J connectivity index is 2.11. The summed E-state index contributed by atoms with van der Waals surface area (Å²) in [5.74, 6) is 0.741. The zero-order valence-electron chi connectivity index (χ0n) is 7.71. The molecule has 0 aromatic carbocycles. The standard InChI is InChI=1S/C9H16N2O/c1-3-8(2)4-10-5-9-6-11-12-7-9/h6-8,10H,3-5H2,1-2H3. The van der Waals surface area contributed by atoms with Crippen molar-refractivity contribution in [3.05, 3.63) is 18.0 Å². The molecule has 68 valence electrons. The van der Waals surface area contributed by atoms with Crippen LogP contribution in [0.2, 0.25) is 0 Å². The summed E-state index contributed by atoms with van der Waals surface area (Å²) in [4.78, 5) is 0. The van der Waals surface area contributed by atoms with Crippen molar-refractivity contribution in [3.8, 4) is 0 Å². The first-order chi connectivity index (χ1) is 5.83. The van der Waals surface area contributed by atoms with Crippen LogP contribution in [0.3, 0.4) is 0 Å². The normalized spacial score (nSPS) is 13.2. The van der Waals surface area contributed by atoms with Gasteiger partial charge in [-0.05, 0) is 12.5 Å². The lowest BCUT2D eigenvalue weighted by Crippen LogP contribution is -2.19. The first-order valence-electron chi connectivity index (χ1n) is 4.42. The molecule has 3 nitrogen and oxygen atoms in total. The van der Waals surface area contributed by atoms with Gasteiger partial charge in [0.15, 0.2) is 0 Å². The molecule has 1 atom stereocenters. The summed E-state index contributed by atoms with van der Waals surface area (Å²) in [7, 11) is 0. The lowest BCUT2D eigenvalue weighted by atomic mass is 10.1. The molecule has 12 heavy (non-hydrogen) atoms. The molecule has 1 aromatic rings. The molecule has 0 saturated heterocycles. The molecule has 0 bridgehead atoms. The highest BCUT2D eigenvalue weighted by molar-refractivity contribution is 4.98. The maximum atomic E-state index is 4.71. The minimum absolute atomic E-state index is 0.741. The van der Waals surface area contributed by atoms with Gasteiger partial charge in [-0.25, -0.2) is 0 Å². The van der Waals surface area contributed by atoms with Crippen LogP contribution in [0.4, 0.5) is 0 Å². The Morgan fingerprint density at radius 2 is 2.50 bits per heavy atom. The van der Waals surface area contributed by atoms with Crippen LogP contribution < -0.4 is 5.32 Å². The van der Waals surface area contributed by atoms with Gasteiger partial charge in [-0.1, -0.05) is 25.4 Å². The number of hydrogen-bond donors (Lipinski definition) is 1. The zero-order chi connectivity index (χ0) is 8.81. The molecule has 0 saturated carbocycles. The van der Waals surface area contributed by atoms with E-state index in [4.69, 9.17) is 4.52 Å². The van der Waals surface area contributed by atoms with Crippen molar-refractivity contribution in [3.63, 3.8) is 0 Å². The van der Waals surface area contributed by atoms with E-state index in [1.165, 1.54) is 6.42 Å². The number of nitrogens with zero attached hydrogens (tertiary/aromatic N) is 1. The Bertz CT molecular complexity index is 196. The van der Waals surface area contributed by atoms with E-state index in [0.29, 0.717) is 0 Å². The fraction of sp³-hybridized carbons (Fsp3) is 0.667. The molecule has 0 aliphatic carbocycles. The predicted molar refractivity (Wildman–Crippen MR) is 47.7 cm³/mol. The van der Waals surface area contributed by atoms with Crippen LogP contribution in [0, 0.1) is 5.92 Å². The zero-order valence-corrected chi connectivity index (χ0v) is 7.71. The summed E-state index contributed by atoms with van der Waals surface area (Å²) in [6.07, 6.45) is 4.63. The van der Waals surface area contributed by atoms with Crippen LogP contribution >= 0.6 is 0 Å². The van der Waals surface area contributed by atoms with Crippen molar-refractivity contribution in [1.29, 1.82) is 0 Å². The van der Waals surface area contributed by atoms with E-state index in [9.17, 15) is 0 Å². The third-order valence-corrected chi connectivity index (χ3v) is 2.00. The Morgan fingerprint density at radius 3 is 3.08 bits per heavy atom. The van der Waals surface area contributed by atoms with Crippen molar-refractivity contribution in [2.45, 2.75) is 26.8 Å². The van der Waals surface area contributed by atoms with Gasteiger partial charge in [0.1, 0.15) is 6.26 Å². The first kappa shape index (κ1) is 9.26. The Hall–Kier alpha value is -0.830. The number of hydrogen-bond acceptors (Lipinski definition) is 3. The van der Waals surface area contributed by atoms with Crippen LogP contribution in [0.1, 0.15) is 25.8 Å². The first-order valence-corrected chi connectivity index (χ1v) is 4.42. The van der Waals surface area contributed by atoms with Crippen molar-refractivity contribution in [1.82, 2.24) is 10.5 Å². The van der Waals surface area contributed by atoms with E-state index in [2.05, 4.69) is 24.3 Å². The summed E-state index contributed by atoms with van der Waals surface area (Å²) in [5, 5.41) is 6.96. The summed E-state index contributed by atoms with van der Waals surface area (Å²) < 4.78 is 4.71. The Morgan fingerprint density at radius 1 is 1.67 bits per heavy atom. The number of nitrogens with one attached hydrogen (secondary N) is 1. The van der Waals surface area contributed by atoms with E-state index in [1.807, 2.05) is 0 Å². The highest BCUT2D eigenvalue weighted by Gasteiger charge is 1.98. The fourth-order valence-electron chi connectivity index (χ4n) is 0.921. The third-order valence-electron chi connectivity index (χ3n) is 2.00.